The van der Waals surface area contributed by atoms with Crippen LogP contribution in [0.4, 0.5) is 0 Å². The number of ketones is 1. The van der Waals surface area contributed by atoms with Crippen molar-refractivity contribution in [3.8, 4) is 0 Å². The molecule has 4 fully saturated rings. The number of hydrogen-bond acceptors (Lipinski definition) is 6. The summed E-state index contributed by atoms with van der Waals surface area (Å²) in [6.45, 7) is 14.1. The van der Waals surface area contributed by atoms with Gasteiger partial charge in [0.25, 0.3) is 0 Å². The van der Waals surface area contributed by atoms with Crippen molar-refractivity contribution < 1.29 is 25.2 Å². The SMILES string of the molecule is C=C(C[C@@H](O)[C@H]1CCCC[C@H]2C[C@H]3C(=CC(=O)[C@@H]4C[C@@H](O)[C@@H](O)C[C@@]43C)[C@]3(O)CC[C@H]1[C@@]23C)C(C)(C)CCn1ccnc1. The molecule has 0 amide bonds. The summed E-state index contributed by atoms with van der Waals surface area (Å²) in [5, 5.41) is 46.0. The van der Waals surface area contributed by atoms with Crippen LogP contribution in [0.5, 0.6) is 0 Å². The number of aliphatic hydroxyl groups is 4. The number of allylic oxidation sites excluding steroid dienone is 1. The number of fused-ring (bicyclic) bond motifs is 4. The Balaban J connectivity index is 1.27. The monoisotopic (exact) mass is 594 g/mol. The van der Waals surface area contributed by atoms with Crippen molar-refractivity contribution in [3.05, 3.63) is 42.5 Å². The molecule has 0 unspecified atom stereocenters. The lowest BCUT2D eigenvalue weighted by molar-refractivity contribution is -0.171. The molecular weight excluding hydrogens is 540 g/mol. The Hall–Kier alpha value is -1.80. The van der Waals surface area contributed by atoms with Gasteiger partial charge in [-0.2, -0.15) is 0 Å². The predicted molar refractivity (Wildman–Crippen MR) is 166 cm³/mol. The third kappa shape index (κ3) is 4.83. The molecule has 5 aliphatic carbocycles. The van der Waals surface area contributed by atoms with E-state index in [-0.39, 0.29) is 47.2 Å². The van der Waals surface area contributed by atoms with Crippen LogP contribution in [0.15, 0.2) is 42.5 Å². The molecule has 7 heteroatoms. The van der Waals surface area contributed by atoms with Gasteiger partial charge in [0.2, 0.25) is 0 Å². The number of carbonyl (C=O) groups is 1. The van der Waals surface area contributed by atoms with Gasteiger partial charge in [-0.3, -0.25) is 4.79 Å². The smallest absolute Gasteiger partial charge is 0.159 e. The molecule has 43 heavy (non-hydrogen) atoms. The first kappa shape index (κ1) is 31.2. The summed E-state index contributed by atoms with van der Waals surface area (Å²) in [6.07, 6.45) is 13.7. The van der Waals surface area contributed by atoms with Crippen LogP contribution in [-0.2, 0) is 11.3 Å². The molecule has 11 atom stereocenters. The maximum absolute atomic E-state index is 13.6. The molecule has 0 spiro atoms. The molecule has 4 N–H and O–H groups in total. The fourth-order valence-electron chi connectivity index (χ4n) is 10.8. The van der Waals surface area contributed by atoms with Gasteiger partial charge in [-0.05, 0) is 104 Å². The largest absolute Gasteiger partial charge is 0.392 e. The van der Waals surface area contributed by atoms with E-state index in [4.69, 9.17) is 0 Å². The van der Waals surface area contributed by atoms with Crippen LogP contribution < -0.4 is 0 Å². The lowest BCUT2D eigenvalue weighted by Gasteiger charge is -2.63. The van der Waals surface area contributed by atoms with Crippen molar-refractivity contribution >= 4 is 5.78 Å². The van der Waals surface area contributed by atoms with Gasteiger partial charge in [0.1, 0.15) is 0 Å². The Bertz CT molecular complexity index is 1260. The second-order valence-electron chi connectivity index (χ2n) is 16.2. The van der Waals surface area contributed by atoms with Gasteiger partial charge in [0.05, 0.1) is 30.2 Å². The molecule has 0 aromatic carbocycles. The van der Waals surface area contributed by atoms with Crippen molar-refractivity contribution in [2.75, 3.05) is 0 Å². The summed E-state index contributed by atoms with van der Waals surface area (Å²) in [5.74, 6) is 0.173. The van der Waals surface area contributed by atoms with Gasteiger partial charge in [-0.1, -0.05) is 52.7 Å². The van der Waals surface area contributed by atoms with Gasteiger partial charge in [0.15, 0.2) is 5.78 Å². The average molecular weight is 595 g/mol. The van der Waals surface area contributed by atoms with E-state index in [0.29, 0.717) is 19.3 Å². The Morgan fingerprint density at radius 2 is 1.88 bits per heavy atom. The average Bonchev–Trinajstić information content (AvgIpc) is 3.56. The van der Waals surface area contributed by atoms with Crippen molar-refractivity contribution in [1.82, 2.24) is 9.55 Å². The van der Waals surface area contributed by atoms with Gasteiger partial charge >= 0.3 is 0 Å². The molecular formula is C36H54N2O5. The molecule has 0 saturated heterocycles. The summed E-state index contributed by atoms with van der Waals surface area (Å²) in [4.78, 5) is 17.8. The predicted octanol–water partition coefficient (Wildman–Crippen LogP) is 5.23. The number of nitrogens with zero attached hydrogens (tertiary/aromatic N) is 2. The zero-order valence-corrected chi connectivity index (χ0v) is 26.7. The third-order valence-electron chi connectivity index (χ3n) is 13.8. The first-order valence-corrected chi connectivity index (χ1v) is 16.9. The molecule has 4 saturated carbocycles. The Labute approximate surface area is 257 Å². The zero-order valence-electron chi connectivity index (χ0n) is 26.7. The highest BCUT2D eigenvalue weighted by Gasteiger charge is 2.70. The number of hydrogen-bond donors (Lipinski definition) is 4. The number of imidazole rings is 1. The molecule has 0 aliphatic heterocycles. The van der Waals surface area contributed by atoms with Crippen LogP contribution in [0, 0.1) is 45.8 Å². The van der Waals surface area contributed by atoms with Crippen LogP contribution in [0.2, 0.25) is 0 Å². The van der Waals surface area contributed by atoms with E-state index in [1.54, 1.807) is 12.3 Å². The highest BCUT2D eigenvalue weighted by Crippen LogP contribution is 2.71. The molecule has 1 aromatic rings. The van der Waals surface area contributed by atoms with Crippen LogP contribution >= 0.6 is 0 Å². The van der Waals surface area contributed by atoms with E-state index in [1.165, 1.54) is 0 Å². The van der Waals surface area contributed by atoms with Gasteiger partial charge < -0.3 is 25.0 Å². The van der Waals surface area contributed by atoms with E-state index in [1.807, 2.05) is 12.5 Å². The quantitative estimate of drug-likeness (QED) is 0.322. The van der Waals surface area contributed by atoms with Crippen molar-refractivity contribution in [3.63, 3.8) is 0 Å². The number of carbonyl (C=O) groups excluding carboxylic acids is 1. The van der Waals surface area contributed by atoms with Crippen LogP contribution in [0.25, 0.3) is 0 Å². The second kappa shape index (κ2) is 10.9. The van der Waals surface area contributed by atoms with Gasteiger partial charge in [-0.25, -0.2) is 4.98 Å². The minimum atomic E-state index is -1.10. The summed E-state index contributed by atoms with van der Waals surface area (Å²) < 4.78 is 2.08. The maximum atomic E-state index is 13.6. The lowest BCUT2D eigenvalue weighted by atomic mass is 9.42. The van der Waals surface area contributed by atoms with Gasteiger partial charge in [0, 0.05) is 30.3 Å². The van der Waals surface area contributed by atoms with Crippen molar-refractivity contribution in [2.45, 2.75) is 129 Å². The lowest BCUT2D eigenvalue weighted by Crippen LogP contribution is -2.64. The molecule has 5 aliphatic rings. The fraction of sp³-hybridized carbons (Fsp3) is 0.778. The van der Waals surface area contributed by atoms with Crippen LogP contribution in [0.1, 0.15) is 98.3 Å². The zero-order chi connectivity index (χ0) is 30.9. The van der Waals surface area contributed by atoms with Crippen molar-refractivity contribution in [2.24, 2.45) is 45.8 Å². The minimum Gasteiger partial charge on any atom is -0.392 e. The highest BCUT2D eigenvalue weighted by atomic mass is 16.3. The topological polar surface area (TPSA) is 116 Å². The number of aliphatic hydroxyl groups excluding tert-OH is 3. The molecule has 1 heterocycles. The molecule has 238 valence electrons. The molecule has 0 radical (unpaired) electrons. The van der Waals surface area contributed by atoms with Crippen LogP contribution in [0.3, 0.4) is 0 Å². The highest BCUT2D eigenvalue weighted by molar-refractivity contribution is 5.95. The van der Waals surface area contributed by atoms with E-state index in [0.717, 1.165) is 62.6 Å². The Kier molecular flexibility index (Phi) is 7.92. The third-order valence-corrected chi connectivity index (χ3v) is 13.8. The van der Waals surface area contributed by atoms with Crippen LogP contribution in [-0.4, -0.2) is 59.7 Å². The fourth-order valence-corrected chi connectivity index (χ4v) is 10.8. The first-order chi connectivity index (χ1) is 20.2. The first-order valence-electron chi connectivity index (χ1n) is 16.9. The maximum Gasteiger partial charge on any atom is 0.159 e. The van der Waals surface area contributed by atoms with Gasteiger partial charge in [-0.15, -0.1) is 0 Å². The van der Waals surface area contributed by atoms with E-state index in [2.05, 4.69) is 43.8 Å². The Morgan fingerprint density at radius 3 is 2.60 bits per heavy atom. The normalized spacial score (nSPS) is 43.5. The second-order valence-corrected chi connectivity index (χ2v) is 16.2. The standard InChI is InChI=1S/C36H54N2O5/c1-22(33(2,3)12-14-38-15-13-37-21-38)16-29(39)24-9-7-6-8-23-17-26-27(36(43)11-10-25(24)35(23,36)5)18-30(40)28-19-31(41)32(42)20-34(26,28)4/h13,15,18,21,23-26,28-29,31-32,39,41-43H,1,6-12,14,16-17,19-20H2,2-5H3/t23-,24-,25+,26-,28-,29+,31+,32-,34+,35+,36+/m0/s1. The number of aryl methyl sites for hydroxylation is 1. The van der Waals surface area contributed by atoms with Crippen molar-refractivity contribution in [1.29, 1.82) is 0 Å². The summed E-state index contributed by atoms with van der Waals surface area (Å²) in [5.41, 5.74) is -0.206. The minimum absolute atomic E-state index is 0.00437. The van der Waals surface area contributed by atoms with E-state index < -0.39 is 34.7 Å². The summed E-state index contributed by atoms with van der Waals surface area (Å²) in [7, 11) is 0. The number of rotatable bonds is 7. The Morgan fingerprint density at radius 1 is 1.14 bits per heavy atom. The van der Waals surface area contributed by atoms with E-state index >= 15 is 0 Å². The molecule has 0 bridgehead atoms. The number of aromatic nitrogens is 2. The van der Waals surface area contributed by atoms with E-state index in [9.17, 15) is 25.2 Å². The molecule has 7 nitrogen and oxygen atoms in total. The molecule has 1 aromatic heterocycles. The molecule has 6 rings (SSSR count). The summed E-state index contributed by atoms with van der Waals surface area (Å²) >= 11 is 0. The summed E-state index contributed by atoms with van der Waals surface area (Å²) in [6, 6.07) is 0.